The third-order valence-corrected chi connectivity index (χ3v) is 5.26. The lowest BCUT2D eigenvalue weighted by molar-refractivity contribution is 0.102. The molecule has 28 heavy (non-hydrogen) atoms. The van der Waals surface area contributed by atoms with E-state index in [1.807, 2.05) is 0 Å². The normalized spacial score (nSPS) is 11.2. The van der Waals surface area contributed by atoms with Crippen molar-refractivity contribution in [2.75, 3.05) is 5.32 Å². The van der Waals surface area contributed by atoms with E-state index in [-0.39, 0.29) is 14.8 Å². The first-order valence-corrected chi connectivity index (χ1v) is 9.27. The van der Waals surface area contributed by atoms with Crippen LogP contribution in [0.1, 0.15) is 16.1 Å². The first-order valence-electron chi connectivity index (χ1n) is 8.19. The zero-order valence-corrected chi connectivity index (χ0v) is 16.9. The fraction of sp³-hybridized carbons (Fsp3) is 0.105. The number of furan rings is 1. The van der Waals surface area contributed by atoms with Crippen LogP contribution >= 0.6 is 22.6 Å². The van der Waals surface area contributed by atoms with Crippen LogP contribution in [0, 0.1) is 22.1 Å². The Balaban J connectivity index is 1.84. The molecule has 0 saturated heterocycles. The summed E-state index contributed by atoms with van der Waals surface area (Å²) in [4.78, 5) is 17.5. The molecular weight excluding hydrogens is 481 g/mol. The van der Waals surface area contributed by atoms with Crippen molar-refractivity contribution in [2.45, 2.75) is 6.92 Å². The number of rotatable bonds is 3. The first kappa shape index (κ1) is 18.5. The Morgan fingerprint density at radius 3 is 2.61 bits per heavy atom. The van der Waals surface area contributed by atoms with Crippen molar-refractivity contribution in [3.8, 4) is 11.5 Å². The number of aromatic nitrogens is 3. The van der Waals surface area contributed by atoms with Crippen LogP contribution < -0.4 is 5.32 Å². The van der Waals surface area contributed by atoms with Gasteiger partial charge in [0.05, 0.1) is 26.5 Å². The Labute approximate surface area is 171 Å². The summed E-state index contributed by atoms with van der Waals surface area (Å²) < 4.78 is 34.5. The minimum absolute atomic E-state index is 0.0199. The molecule has 1 aromatic carbocycles. The highest BCUT2D eigenvalue weighted by Crippen LogP contribution is 2.28. The number of carbonyl (C=O) groups is 1. The Morgan fingerprint density at radius 1 is 1.25 bits per heavy atom. The Morgan fingerprint density at radius 2 is 1.96 bits per heavy atom. The average molecular weight is 494 g/mol. The quantitative estimate of drug-likeness (QED) is 0.332. The van der Waals surface area contributed by atoms with Gasteiger partial charge in [0, 0.05) is 12.7 Å². The minimum atomic E-state index is -0.746. The van der Waals surface area contributed by atoms with Gasteiger partial charge in [0.1, 0.15) is 17.3 Å². The molecule has 0 bridgehead atoms. The van der Waals surface area contributed by atoms with Crippen LogP contribution in [0.5, 0.6) is 0 Å². The molecule has 3 aromatic heterocycles. The fourth-order valence-electron chi connectivity index (χ4n) is 3.00. The molecule has 4 aromatic rings. The van der Waals surface area contributed by atoms with E-state index in [1.165, 1.54) is 6.26 Å². The zero-order valence-electron chi connectivity index (χ0n) is 14.8. The maximum absolute atomic E-state index is 13.8. The Hall–Kier alpha value is -2.82. The summed E-state index contributed by atoms with van der Waals surface area (Å²) in [7, 11) is 1.72. The molecule has 0 aliphatic rings. The van der Waals surface area contributed by atoms with Gasteiger partial charge in [-0.15, -0.1) is 0 Å². The van der Waals surface area contributed by atoms with Crippen LogP contribution in [0.25, 0.3) is 22.5 Å². The number of hydrogen-bond acceptors (Lipinski definition) is 4. The van der Waals surface area contributed by atoms with Gasteiger partial charge in [0.2, 0.25) is 0 Å². The van der Waals surface area contributed by atoms with Gasteiger partial charge in [0.15, 0.2) is 11.4 Å². The molecule has 0 aliphatic carbocycles. The second kappa shape index (κ2) is 6.97. The monoisotopic (exact) mass is 494 g/mol. The zero-order chi connectivity index (χ0) is 20.0. The summed E-state index contributed by atoms with van der Waals surface area (Å²) >= 11 is 1.57. The number of anilines is 1. The molecule has 6 nitrogen and oxygen atoms in total. The van der Waals surface area contributed by atoms with Gasteiger partial charge >= 0.3 is 0 Å². The van der Waals surface area contributed by atoms with Gasteiger partial charge < -0.3 is 9.73 Å². The van der Waals surface area contributed by atoms with E-state index in [0.29, 0.717) is 28.2 Å². The van der Waals surface area contributed by atoms with Crippen molar-refractivity contribution in [1.82, 2.24) is 14.8 Å². The van der Waals surface area contributed by atoms with E-state index in [4.69, 9.17) is 4.42 Å². The molecule has 0 aliphatic heterocycles. The van der Waals surface area contributed by atoms with Crippen LogP contribution in [-0.4, -0.2) is 20.7 Å². The fourth-order valence-corrected chi connectivity index (χ4v) is 3.31. The molecule has 1 amide bonds. The Bertz CT molecular complexity index is 1200. The molecule has 0 atom stereocenters. The molecule has 3 heterocycles. The predicted octanol–water partition coefficient (Wildman–Crippen LogP) is 4.67. The van der Waals surface area contributed by atoms with Gasteiger partial charge in [-0.05, 0) is 59.8 Å². The van der Waals surface area contributed by atoms with Gasteiger partial charge in [-0.2, -0.15) is 5.10 Å². The SMILES string of the molecule is Cc1nn(C)c2nc(-c3ccco3)cc(C(=O)Nc3cc(F)c(I)c(F)c3)c12. The third kappa shape index (κ3) is 3.15. The van der Waals surface area contributed by atoms with Crippen molar-refractivity contribution < 1.29 is 18.0 Å². The summed E-state index contributed by atoms with van der Waals surface area (Å²) in [5.74, 6) is -1.54. The predicted molar refractivity (Wildman–Crippen MR) is 108 cm³/mol. The van der Waals surface area contributed by atoms with Crippen LogP contribution in [-0.2, 0) is 7.05 Å². The van der Waals surface area contributed by atoms with Gasteiger partial charge in [0.25, 0.3) is 5.91 Å². The van der Waals surface area contributed by atoms with Crippen LogP contribution in [0.3, 0.4) is 0 Å². The number of pyridine rings is 1. The molecule has 0 saturated carbocycles. The van der Waals surface area contributed by atoms with Crippen LogP contribution in [0.4, 0.5) is 14.5 Å². The average Bonchev–Trinajstić information content (AvgIpc) is 3.28. The second-order valence-corrected chi connectivity index (χ2v) is 7.23. The topological polar surface area (TPSA) is 73.0 Å². The van der Waals surface area contributed by atoms with Crippen molar-refractivity contribution >= 4 is 45.2 Å². The number of fused-ring (bicyclic) bond motifs is 1. The lowest BCUT2D eigenvalue weighted by Crippen LogP contribution is -2.14. The number of halogens is 3. The maximum Gasteiger partial charge on any atom is 0.256 e. The molecule has 9 heteroatoms. The second-order valence-electron chi connectivity index (χ2n) is 6.15. The van der Waals surface area contributed by atoms with E-state index < -0.39 is 17.5 Å². The number of aryl methyl sites for hydroxylation is 2. The summed E-state index contributed by atoms with van der Waals surface area (Å²) in [6.45, 7) is 1.76. The number of hydrogen-bond donors (Lipinski definition) is 1. The summed E-state index contributed by atoms with van der Waals surface area (Å²) in [5, 5.41) is 7.43. The Kier molecular flexibility index (Phi) is 4.61. The van der Waals surface area contributed by atoms with E-state index in [9.17, 15) is 13.6 Å². The number of benzene rings is 1. The molecule has 0 unspecified atom stereocenters. The van der Waals surface area contributed by atoms with Gasteiger partial charge in [-0.25, -0.2) is 13.8 Å². The summed E-state index contributed by atoms with van der Waals surface area (Å²) in [6.07, 6.45) is 1.51. The lowest BCUT2D eigenvalue weighted by Gasteiger charge is -2.09. The summed E-state index contributed by atoms with van der Waals surface area (Å²) in [5.41, 5.74) is 1.86. The molecular formula is C19H13F2IN4O2. The molecule has 142 valence electrons. The number of nitrogens with one attached hydrogen (secondary N) is 1. The highest BCUT2D eigenvalue weighted by Gasteiger charge is 2.21. The van der Waals surface area contributed by atoms with Crippen LogP contribution in [0.15, 0.2) is 41.0 Å². The van der Waals surface area contributed by atoms with E-state index in [2.05, 4.69) is 15.4 Å². The highest BCUT2D eigenvalue weighted by molar-refractivity contribution is 14.1. The van der Waals surface area contributed by atoms with Crippen molar-refractivity contribution in [3.63, 3.8) is 0 Å². The van der Waals surface area contributed by atoms with Crippen LogP contribution in [0.2, 0.25) is 0 Å². The van der Waals surface area contributed by atoms with Crippen molar-refractivity contribution in [1.29, 1.82) is 0 Å². The van der Waals surface area contributed by atoms with Gasteiger partial charge in [-0.3, -0.25) is 9.48 Å². The minimum Gasteiger partial charge on any atom is -0.463 e. The number of nitrogens with zero attached hydrogens (tertiary/aromatic N) is 3. The lowest BCUT2D eigenvalue weighted by atomic mass is 10.1. The standard InChI is InChI=1S/C19H13F2IN4O2/c1-9-16-11(19(27)23-10-6-12(20)17(22)13(21)7-10)8-14(15-4-3-5-28-15)24-18(16)26(2)25-9/h3-8H,1-2H3,(H,23,27). The molecule has 0 spiro atoms. The summed E-state index contributed by atoms with van der Waals surface area (Å²) in [6, 6.07) is 7.16. The first-order chi connectivity index (χ1) is 13.3. The van der Waals surface area contributed by atoms with Gasteiger partial charge in [-0.1, -0.05) is 0 Å². The maximum atomic E-state index is 13.8. The van der Waals surface area contributed by atoms with E-state index in [1.54, 1.807) is 59.4 Å². The molecule has 1 N–H and O–H groups in total. The number of amides is 1. The third-order valence-electron chi connectivity index (χ3n) is 4.23. The van der Waals surface area contributed by atoms with Crippen molar-refractivity contribution in [2.24, 2.45) is 7.05 Å². The molecule has 0 fully saturated rings. The van der Waals surface area contributed by atoms with E-state index >= 15 is 0 Å². The largest absolute Gasteiger partial charge is 0.463 e. The molecule has 4 rings (SSSR count). The highest BCUT2D eigenvalue weighted by atomic mass is 127. The smallest absolute Gasteiger partial charge is 0.256 e. The van der Waals surface area contributed by atoms with Crippen molar-refractivity contribution in [3.05, 3.63) is 63.1 Å². The van der Waals surface area contributed by atoms with E-state index in [0.717, 1.165) is 12.1 Å². The molecule has 0 radical (unpaired) electrons. The number of carbonyl (C=O) groups excluding carboxylic acids is 1.